The van der Waals surface area contributed by atoms with Gasteiger partial charge in [-0.25, -0.2) is 0 Å². The Kier molecular flexibility index (Phi) is 7.24. The van der Waals surface area contributed by atoms with Gasteiger partial charge in [0.1, 0.15) is 5.88 Å². The van der Waals surface area contributed by atoms with Gasteiger partial charge in [-0.15, -0.1) is 11.6 Å². The number of carbonyl (C=O) groups excluding carboxylic acids is 2. The number of hydrogen-bond acceptors (Lipinski definition) is 2. The first-order chi connectivity index (χ1) is 14.5. The summed E-state index contributed by atoms with van der Waals surface area (Å²) in [6, 6.07) is 4.54. The molecule has 1 aliphatic carbocycles. The molecule has 1 aromatic carbocycles. The minimum absolute atomic E-state index is 0.0362. The number of likely N-dealkylation sites (tertiary alicyclic amines) is 1. The second-order valence-electron chi connectivity index (χ2n) is 9.43. The number of hydrogen-bond donors (Lipinski definition) is 0. The van der Waals surface area contributed by atoms with Crippen LogP contribution in [-0.4, -0.2) is 52.7 Å². The summed E-state index contributed by atoms with van der Waals surface area (Å²) in [4.78, 5) is 29.0. The van der Waals surface area contributed by atoms with E-state index < -0.39 is 11.7 Å². The first-order valence-electron chi connectivity index (χ1n) is 10.9. The van der Waals surface area contributed by atoms with Crippen molar-refractivity contribution >= 4 is 23.4 Å². The van der Waals surface area contributed by atoms with Crippen LogP contribution in [0, 0.1) is 5.41 Å². The van der Waals surface area contributed by atoms with Crippen LogP contribution < -0.4 is 0 Å². The van der Waals surface area contributed by atoms with Gasteiger partial charge in [-0.3, -0.25) is 9.59 Å². The monoisotopic (exact) mass is 458 g/mol. The van der Waals surface area contributed by atoms with E-state index in [0.717, 1.165) is 37.8 Å². The fraction of sp³-hybridized carbons (Fsp3) is 0.652. The fourth-order valence-corrected chi connectivity index (χ4v) is 4.91. The lowest BCUT2D eigenvalue weighted by molar-refractivity contribution is -0.138. The Morgan fingerprint density at radius 1 is 1.03 bits per heavy atom. The summed E-state index contributed by atoms with van der Waals surface area (Å²) in [7, 11) is 0. The third kappa shape index (κ3) is 5.73. The molecule has 2 fully saturated rings. The number of carbonyl (C=O) groups is 2. The van der Waals surface area contributed by atoms with Gasteiger partial charge in [-0.05, 0) is 68.2 Å². The standard InChI is InChI=1S/C23H30ClF3N2O2/c1-22(2)11-7-18(8-12-22)29(20(30)15-24)19-9-13-28(14-10-19)21(31)16-3-5-17(6-4-16)23(25,26)27/h3-6,18-19H,7-15H2,1-2H3. The summed E-state index contributed by atoms with van der Waals surface area (Å²) in [5, 5.41) is 0. The molecule has 1 aromatic rings. The van der Waals surface area contributed by atoms with Gasteiger partial charge in [0.2, 0.25) is 5.91 Å². The summed E-state index contributed by atoms with van der Waals surface area (Å²) in [5.74, 6) is -0.384. The molecule has 0 spiro atoms. The highest BCUT2D eigenvalue weighted by atomic mass is 35.5. The minimum Gasteiger partial charge on any atom is -0.338 e. The Balaban J connectivity index is 1.62. The molecular formula is C23H30ClF3N2O2. The molecule has 2 amide bonds. The van der Waals surface area contributed by atoms with Gasteiger partial charge < -0.3 is 9.80 Å². The molecule has 0 unspecified atom stereocenters. The molecule has 0 radical (unpaired) electrons. The Hall–Kier alpha value is -1.76. The SMILES string of the molecule is CC1(C)CCC(N(C(=O)CCl)C2CCN(C(=O)c3ccc(C(F)(F)F)cc3)CC2)CC1. The zero-order valence-electron chi connectivity index (χ0n) is 18.1. The Labute approximate surface area is 186 Å². The third-order valence-corrected chi connectivity index (χ3v) is 6.94. The van der Waals surface area contributed by atoms with Crippen molar-refractivity contribution < 1.29 is 22.8 Å². The molecule has 0 bridgehead atoms. The molecule has 1 saturated carbocycles. The van der Waals surface area contributed by atoms with Crippen molar-refractivity contribution in [2.75, 3.05) is 19.0 Å². The van der Waals surface area contributed by atoms with Gasteiger partial charge >= 0.3 is 6.18 Å². The van der Waals surface area contributed by atoms with Crippen LogP contribution in [0.4, 0.5) is 13.2 Å². The zero-order chi connectivity index (χ0) is 22.8. The molecule has 31 heavy (non-hydrogen) atoms. The van der Waals surface area contributed by atoms with E-state index in [0.29, 0.717) is 31.3 Å². The van der Waals surface area contributed by atoms with Gasteiger partial charge in [0, 0.05) is 30.7 Å². The van der Waals surface area contributed by atoms with Crippen LogP contribution in [0.3, 0.4) is 0 Å². The second kappa shape index (κ2) is 9.39. The molecule has 4 nitrogen and oxygen atoms in total. The van der Waals surface area contributed by atoms with Crippen molar-refractivity contribution in [2.24, 2.45) is 5.41 Å². The van der Waals surface area contributed by atoms with Crippen molar-refractivity contribution in [1.82, 2.24) is 9.80 Å². The van der Waals surface area contributed by atoms with Crippen molar-refractivity contribution in [3.63, 3.8) is 0 Å². The maximum absolute atomic E-state index is 12.7. The van der Waals surface area contributed by atoms with Crippen LogP contribution >= 0.6 is 11.6 Å². The number of benzene rings is 1. The van der Waals surface area contributed by atoms with Crippen LogP contribution in [0.1, 0.15) is 68.3 Å². The molecule has 0 atom stereocenters. The topological polar surface area (TPSA) is 40.6 Å². The van der Waals surface area contributed by atoms with E-state index in [1.165, 1.54) is 12.1 Å². The lowest BCUT2D eigenvalue weighted by Gasteiger charge is -2.46. The Morgan fingerprint density at radius 3 is 2.03 bits per heavy atom. The largest absolute Gasteiger partial charge is 0.416 e. The number of piperidine rings is 1. The molecule has 1 aliphatic heterocycles. The molecule has 3 rings (SSSR count). The maximum atomic E-state index is 12.7. The summed E-state index contributed by atoms with van der Waals surface area (Å²) >= 11 is 5.91. The first kappa shape index (κ1) is 23.9. The van der Waals surface area contributed by atoms with Gasteiger partial charge in [0.15, 0.2) is 0 Å². The van der Waals surface area contributed by atoms with Crippen LogP contribution in [-0.2, 0) is 11.0 Å². The Bertz CT molecular complexity index is 777. The van der Waals surface area contributed by atoms with E-state index in [1.54, 1.807) is 4.90 Å². The molecule has 0 N–H and O–H groups in total. The van der Waals surface area contributed by atoms with E-state index in [-0.39, 0.29) is 35.3 Å². The number of rotatable bonds is 4. The van der Waals surface area contributed by atoms with Gasteiger partial charge in [-0.2, -0.15) is 13.2 Å². The average Bonchev–Trinajstić information content (AvgIpc) is 2.74. The Morgan fingerprint density at radius 2 is 1.55 bits per heavy atom. The maximum Gasteiger partial charge on any atom is 0.416 e. The van der Waals surface area contributed by atoms with Gasteiger partial charge in [0.05, 0.1) is 5.56 Å². The highest BCUT2D eigenvalue weighted by Crippen LogP contribution is 2.38. The van der Waals surface area contributed by atoms with E-state index in [9.17, 15) is 22.8 Å². The number of amides is 2. The van der Waals surface area contributed by atoms with Crippen LogP contribution in [0.5, 0.6) is 0 Å². The average molecular weight is 459 g/mol. The summed E-state index contributed by atoms with van der Waals surface area (Å²) in [5.41, 5.74) is -0.229. The highest BCUT2D eigenvalue weighted by Gasteiger charge is 2.37. The molecule has 1 saturated heterocycles. The number of alkyl halides is 4. The minimum atomic E-state index is -4.42. The summed E-state index contributed by atoms with van der Waals surface area (Å²) in [6.45, 7) is 5.44. The van der Waals surface area contributed by atoms with Crippen molar-refractivity contribution in [1.29, 1.82) is 0 Å². The first-order valence-corrected chi connectivity index (χ1v) is 11.4. The predicted molar refractivity (Wildman–Crippen MR) is 114 cm³/mol. The quantitative estimate of drug-likeness (QED) is 0.571. The second-order valence-corrected chi connectivity index (χ2v) is 9.70. The zero-order valence-corrected chi connectivity index (χ0v) is 18.8. The highest BCUT2D eigenvalue weighted by molar-refractivity contribution is 6.27. The van der Waals surface area contributed by atoms with Gasteiger partial charge in [0.25, 0.3) is 5.91 Å². The van der Waals surface area contributed by atoms with E-state index >= 15 is 0 Å². The molecule has 0 aromatic heterocycles. The third-order valence-electron chi connectivity index (χ3n) is 6.71. The normalized spacial score (nSPS) is 20.5. The van der Waals surface area contributed by atoms with Crippen LogP contribution in [0.25, 0.3) is 0 Å². The molecule has 8 heteroatoms. The van der Waals surface area contributed by atoms with Crippen molar-refractivity contribution in [3.05, 3.63) is 35.4 Å². The predicted octanol–water partition coefficient (Wildman–Crippen LogP) is 5.35. The van der Waals surface area contributed by atoms with E-state index in [2.05, 4.69) is 13.8 Å². The molecule has 172 valence electrons. The smallest absolute Gasteiger partial charge is 0.338 e. The van der Waals surface area contributed by atoms with Gasteiger partial charge in [-0.1, -0.05) is 13.8 Å². The fourth-order valence-electron chi connectivity index (χ4n) is 4.77. The molecule has 2 aliphatic rings. The van der Waals surface area contributed by atoms with Crippen molar-refractivity contribution in [3.8, 4) is 0 Å². The van der Waals surface area contributed by atoms with Crippen molar-refractivity contribution in [2.45, 2.75) is 70.6 Å². The van der Waals surface area contributed by atoms with Crippen LogP contribution in [0.2, 0.25) is 0 Å². The number of nitrogens with zero attached hydrogens (tertiary/aromatic N) is 2. The van der Waals surface area contributed by atoms with E-state index in [4.69, 9.17) is 11.6 Å². The van der Waals surface area contributed by atoms with E-state index in [1.807, 2.05) is 4.90 Å². The van der Waals surface area contributed by atoms with Crippen LogP contribution in [0.15, 0.2) is 24.3 Å². The molecule has 1 heterocycles. The molecular weight excluding hydrogens is 429 g/mol. The summed E-state index contributed by atoms with van der Waals surface area (Å²) in [6.07, 6.45) is 0.918. The lowest BCUT2D eigenvalue weighted by Crippen LogP contribution is -2.54. The number of halogens is 4. The summed E-state index contributed by atoms with van der Waals surface area (Å²) < 4.78 is 38.2. The lowest BCUT2D eigenvalue weighted by atomic mass is 9.75.